The van der Waals surface area contributed by atoms with E-state index in [-0.39, 0.29) is 69.8 Å². The van der Waals surface area contributed by atoms with E-state index >= 15 is 0 Å². The maximum absolute atomic E-state index is 10.7. The van der Waals surface area contributed by atoms with Gasteiger partial charge in [-0.25, -0.2) is 0 Å². The smallest absolute Gasteiger partial charge is 0.548 e. The van der Waals surface area contributed by atoms with Crippen LogP contribution in [0.3, 0.4) is 0 Å². The summed E-state index contributed by atoms with van der Waals surface area (Å²) in [5.74, 6) is -2.02. The first-order valence-corrected chi connectivity index (χ1v) is 4.82. The number of aliphatic carboxylic acids is 1. The minimum atomic E-state index is -1.50. The van der Waals surface area contributed by atoms with E-state index in [9.17, 15) is 29.9 Å². The predicted molar refractivity (Wildman–Crippen MR) is 56.5 cm³/mol. The number of phenolic OH excluding ortho intramolecular Hbond substituents is 1. The van der Waals surface area contributed by atoms with Crippen molar-refractivity contribution in [3.63, 3.8) is 0 Å². The molecule has 0 aliphatic carbocycles. The molecule has 0 radical (unpaired) electrons. The molecule has 0 spiro atoms. The second-order valence-electron chi connectivity index (χ2n) is 3.44. The summed E-state index contributed by atoms with van der Waals surface area (Å²) in [6.07, 6.45) is 0.0253. The van der Waals surface area contributed by atoms with E-state index in [1.54, 1.807) is 0 Å². The maximum atomic E-state index is 10.7. The fourth-order valence-corrected chi connectivity index (χ4v) is 1.37. The predicted octanol–water partition coefficient (Wildman–Crippen LogP) is -4.29. The fraction of sp³-hybridized carbons (Fsp3) is 0.200. The molecule has 0 fully saturated rings. The summed E-state index contributed by atoms with van der Waals surface area (Å²) in [5.41, 5.74) is -0.251. The summed E-state index contributed by atoms with van der Waals surface area (Å²) in [5, 5.41) is 32.5. The molecule has 0 aromatic heterocycles. The second-order valence-corrected chi connectivity index (χ2v) is 3.44. The van der Waals surface area contributed by atoms with Gasteiger partial charge in [-0.3, -0.25) is 14.9 Å². The molecule has 0 bridgehead atoms. The van der Waals surface area contributed by atoms with Crippen LogP contribution in [0.25, 0.3) is 0 Å². The fourth-order valence-electron chi connectivity index (χ4n) is 1.37. The van der Waals surface area contributed by atoms with E-state index < -0.39 is 28.4 Å². The minimum absolute atomic E-state index is 0. The van der Waals surface area contributed by atoms with Gasteiger partial charge in [0.2, 0.25) is 6.41 Å². The van der Waals surface area contributed by atoms with Crippen LogP contribution in [0.5, 0.6) is 5.75 Å². The molecular weight excluding hydrogens is 283 g/mol. The largest absolute Gasteiger partial charge is 1.00 e. The molecule has 1 amide bonds. The van der Waals surface area contributed by atoms with E-state index in [1.807, 2.05) is 5.32 Å². The third-order valence-electron chi connectivity index (χ3n) is 2.23. The first kappa shape index (κ1) is 18.0. The number of carbonyl (C=O) groups is 2. The van der Waals surface area contributed by atoms with Crippen molar-refractivity contribution in [1.29, 1.82) is 0 Å². The van der Waals surface area contributed by atoms with Gasteiger partial charge in [-0.1, -0.05) is 6.07 Å². The van der Waals surface area contributed by atoms with Crippen LogP contribution in [-0.2, 0) is 16.0 Å². The Bertz CT molecular complexity index is 493. The van der Waals surface area contributed by atoms with Crippen LogP contribution in [0.15, 0.2) is 18.2 Å². The van der Waals surface area contributed by atoms with Gasteiger partial charge in [0.05, 0.1) is 16.9 Å². The Morgan fingerprint density at radius 3 is 2.63 bits per heavy atom. The Balaban J connectivity index is 0.00000324. The van der Waals surface area contributed by atoms with E-state index in [2.05, 4.69) is 0 Å². The SMILES string of the molecule is O=CNC(Cc1ccc(O)c([N+](=O)[O-])c1)C(=O)[O-].[K+]. The molecule has 9 heteroatoms. The Kier molecular flexibility index (Phi) is 7.79. The van der Waals surface area contributed by atoms with Gasteiger partial charge in [0.1, 0.15) is 0 Å². The Morgan fingerprint density at radius 1 is 1.53 bits per heavy atom. The number of hydrogen-bond acceptors (Lipinski definition) is 6. The number of amides is 1. The zero-order chi connectivity index (χ0) is 13.7. The molecule has 8 nitrogen and oxygen atoms in total. The second kappa shape index (κ2) is 8.22. The number of nitrogens with zero attached hydrogens (tertiary/aromatic N) is 1. The van der Waals surface area contributed by atoms with Crippen LogP contribution in [0.2, 0.25) is 0 Å². The number of nitrogens with one attached hydrogen (secondary N) is 1. The standard InChI is InChI=1S/C10H10N2O6.K/c13-5-11-7(10(15)16)3-6-1-2-9(14)8(4-6)12(17)18;/h1-2,4-5,7,14H,3H2,(H,11,13)(H,15,16);/q;+1/p-1. The molecule has 1 atom stereocenters. The summed E-state index contributed by atoms with van der Waals surface area (Å²) in [7, 11) is 0. The van der Waals surface area contributed by atoms with E-state index in [1.165, 1.54) is 6.07 Å². The van der Waals surface area contributed by atoms with Crippen LogP contribution >= 0.6 is 0 Å². The van der Waals surface area contributed by atoms with E-state index in [0.717, 1.165) is 12.1 Å². The van der Waals surface area contributed by atoms with Crippen LogP contribution in [0, 0.1) is 10.1 Å². The van der Waals surface area contributed by atoms with Crippen molar-refractivity contribution in [3.05, 3.63) is 33.9 Å². The van der Waals surface area contributed by atoms with Gasteiger partial charge in [-0.2, -0.15) is 0 Å². The first-order valence-electron chi connectivity index (χ1n) is 4.82. The van der Waals surface area contributed by atoms with Crippen molar-refractivity contribution >= 4 is 18.1 Å². The monoisotopic (exact) mass is 292 g/mol. The van der Waals surface area contributed by atoms with Gasteiger partial charge in [-0.05, 0) is 18.1 Å². The number of aromatic hydroxyl groups is 1. The number of benzene rings is 1. The number of nitro benzene ring substituents is 1. The third-order valence-corrected chi connectivity index (χ3v) is 2.23. The van der Waals surface area contributed by atoms with Gasteiger partial charge in [0.15, 0.2) is 5.75 Å². The van der Waals surface area contributed by atoms with Crippen molar-refractivity contribution in [3.8, 4) is 5.75 Å². The van der Waals surface area contributed by atoms with E-state index in [4.69, 9.17) is 0 Å². The number of phenols is 1. The van der Waals surface area contributed by atoms with Gasteiger partial charge in [-0.15, -0.1) is 0 Å². The molecule has 19 heavy (non-hydrogen) atoms. The first-order chi connectivity index (χ1) is 8.45. The average molecular weight is 292 g/mol. The summed E-state index contributed by atoms with van der Waals surface area (Å²) >= 11 is 0. The molecule has 0 heterocycles. The summed E-state index contributed by atoms with van der Waals surface area (Å²) in [6, 6.07) is 2.16. The Hall–Kier alpha value is -1.00. The molecule has 1 aromatic carbocycles. The van der Waals surface area contributed by atoms with Crippen LogP contribution in [-0.4, -0.2) is 28.5 Å². The normalized spacial score (nSPS) is 10.9. The van der Waals surface area contributed by atoms with Gasteiger partial charge >= 0.3 is 57.1 Å². The average Bonchev–Trinajstić information content (AvgIpc) is 2.30. The van der Waals surface area contributed by atoms with Gasteiger partial charge < -0.3 is 20.3 Å². The number of carboxylic acid groups (broad SMARTS) is 1. The molecule has 1 unspecified atom stereocenters. The number of carbonyl (C=O) groups excluding carboxylic acids is 2. The molecule has 2 N–H and O–H groups in total. The minimum Gasteiger partial charge on any atom is -0.548 e. The third kappa shape index (κ3) is 5.24. The molecule has 0 aliphatic rings. The number of carboxylic acids is 1. The summed E-state index contributed by atoms with van der Waals surface area (Å²) < 4.78 is 0. The molecule has 1 aromatic rings. The summed E-state index contributed by atoms with van der Waals surface area (Å²) in [6.45, 7) is 0. The number of hydrogen-bond donors (Lipinski definition) is 2. The van der Waals surface area contributed by atoms with Crippen molar-refractivity contribution in [2.45, 2.75) is 12.5 Å². The van der Waals surface area contributed by atoms with Crippen molar-refractivity contribution in [2.24, 2.45) is 0 Å². The maximum Gasteiger partial charge on any atom is 1.00 e. The zero-order valence-corrected chi connectivity index (χ0v) is 13.2. The molecular formula is C10H9KN2O6. The molecule has 96 valence electrons. The molecule has 0 aliphatic heterocycles. The Labute approximate surface area is 150 Å². The molecule has 1 rings (SSSR count). The molecule has 0 saturated carbocycles. The molecule has 0 saturated heterocycles. The topological polar surface area (TPSA) is 133 Å². The van der Waals surface area contributed by atoms with Gasteiger partial charge in [0.25, 0.3) is 0 Å². The van der Waals surface area contributed by atoms with Gasteiger partial charge in [0, 0.05) is 6.07 Å². The number of nitro groups is 1. The zero-order valence-electron chi connectivity index (χ0n) is 10.0. The van der Waals surface area contributed by atoms with Crippen LogP contribution in [0.1, 0.15) is 5.56 Å². The van der Waals surface area contributed by atoms with Crippen molar-refractivity contribution in [1.82, 2.24) is 5.32 Å². The summed E-state index contributed by atoms with van der Waals surface area (Å²) in [4.78, 5) is 30.6. The number of rotatable bonds is 6. The van der Waals surface area contributed by atoms with Crippen molar-refractivity contribution in [2.75, 3.05) is 0 Å². The van der Waals surface area contributed by atoms with E-state index in [0.29, 0.717) is 0 Å². The van der Waals surface area contributed by atoms with Crippen LogP contribution in [0.4, 0.5) is 5.69 Å². The van der Waals surface area contributed by atoms with Crippen molar-refractivity contribution < 1.29 is 76.1 Å². The Morgan fingerprint density at radius 2 is 2.16 bits per heavy atom. The quantitative estimate of drug-likeness (QED) is 0.236. The van der Waals surface area contributed by atoms with Crippen LogP contribution < -0.4 is 61.8 Å².